The largest absolute Gasteiger partial charge is 0.478 e. The smallest absolute Gasteiger partial charge is 0.339 e. The standard InChI is InChI=1S/C38H64O9/c1-4-7-10-13-16-19-22-27-45-38(46-28-23-20-17-14-11-8-5-2,47-29-24-21-18-15-12-9-6-3)31-44-37(43)33-26-25-32(35(39)40)30-34(33)36(41)42/h25-26,30H,4-24,27-29,31H2,1-3H3,(H,39,40)(H,41,42). The molecular weight excluding hydrogens is 600 g/mol. The number of esters is 1. The predicted octanol–water partition coefficient (Wildman–Crippen LogP) is 10.2. The fraction of sp³-hybridized carbons (Fsp3) is 0.763. The third-order valence-corrected chi connectivity index (χ3v) is 8.31. The van der Waals surface area contributed by atoms with E-state index in [4.69, 9.17) is 18.9 Å². The highest BCUT2D eigenvalue weighted by Crippen LogP contribution is 2.23. The van der Waals surface area contributed by atoms with E-state index in [1.54, 1.807) is 0 Å². The van der Waals surface area contributed by atoms with Gasteiger partial charge in [-0.25, -0.2) is 14.4 Å². The SMILES string of the molecule is CCCCCCCCCOC(COC(=O)c1ccc(C(=O)O)cc1C(=O)O)(OCCCCCCCCC)OCCCCCCCCC. The van der Waals surface area contributed by atoms with Gasteiger partial charge in [-0.2, -0.15) is 0 Å². The Balaban J connectivity index is 3.01. The Morgan fingerprint density at radius 3 is 1.28 bits per heavy atom. The van der Waals surface area contributed by atoms with Crippen molar-refractivity contribution in [2.75, 3.05) is 26.4 Å². The molecule has 270 valence electrons. The van der Waals surface area contributed by atoms with Gasteiger partial charge in [-0.3, -0.25) is 0 Å². The number of aromatic carboxylic acids is 2. The van der Waals surface area contributed by atoms with Crippen LogP contribution >= 0.6 is 0 Å². The molecule has 0 spiro atoms. The van der Waals surface area contributed by atoms with E-state index >= 15 is 0 Å². The molecule has 1 aromatic carbocycles. The Hall–Kier alpha value is -2.49. The summed E-state index contributed by atoms with van der Waals surface area (Å²) in [5.74, 6) is -5.25. The highest BCUT2D eigenvalue weighted by molar-refractivity contribution is 6.04. The first-order valence-electron chi connectivity index (χ1n) is 18.5. The van der Waals surface area contributed by atoms with Crippen LogP contribution in [0.4, 0.5) is 0 Å². The maximum atomic E-state index is 13.2. The number of benzene rings is 1. The summed E-state index contributed by atoms with van der Waals surface area (Å²) in [5.41, 5.74) is -0.928. The van der Waals surface area contributed by atoms with Crippen molar-refractivity contribution in [2.45, 2.75) is 162 Å². The molecule has 0 heterocycles. The van der Waals surface area contributed by atoms with Crippen LogP contribution in [0.2, 0.25) is 0 Å². The molecule has 0 saturated heterocycles. The molecular formula is C38H64O9. The minimum Gasteiger partial charge on any atom is -0.478 e. The third kappa shape index (κ3) is 19.8. The molecule has 1 rings (SSSR count). The highest BCUT2D eigenvalue weighted by atomic mass is 16.9. The molecule has 0 radical (unpaired) electrons. The maximum Gasteiger partial charge on any atom is 0.339 e. The summed E-state index contributed by atoms with van der Waals surface area (Å²) < 4.78 is 24.5. The molecule has 9 nitrogen and oxygen atoms in total. The summed E-state index contributed by atoms with van der Waals surface area (Å²) >= 11 is 0. The summed E-state index contributed by atoms with van der Waals surface area (Å²) in [4.78, 5) is 36.5. The van der Waals surface area contributed by atoms with Crippen molar-refractivity contribution < 1.29 is 43.5 Å². The van der Waals surface area contributed by atoms with Gasteiger partial charge < -0.3 is 29.2 Å². The van der Waals surface area contributed by atoms with Gasteiger partial charge in [0.05, 0.1) is 36.5 Å². The van der Waals surface area contributed by atoms with Crippen LogP contribution in [0.3, 0.4) is 0 Å². The van der Waals surface area contributed by atoms with Crippen molar-refractivity contribution in [2.24, 2.45) is 0 Å². The van der Waals surface area contributed by atoms with Crippen molar-refractivity contribution in [1.29, 1.82) is 0 Å². The van der Waals surface area contributed by atoms with E-state index in [2.05, 4.69) is 20.8 Å². The first kappa shape index (κ1) is 42.5. The molecule has 47 heavy (non-hydrogen) atoms. The van der Waals surface area contributed by atoms with Crippen molar-refractivity contribution in [1.82, 2.24) is 0 Å². The summed E-state index contributed by atoms with van der Waals surface area (Å²) in [7, 11) is 0. The Labute approximate surface area is 284 Å². The van der Waals surface area contributed by atoms with E-state index in [1.807, 2.05) is 0 Å². The van der Waals surface area contributed by atoms with E-state index in [9.17, 15) is 24.6 Å². The minimum absolute atomic E-state index is 0.234. The van der Waals surface area contributed by atoms with E-state index in [0.29, 0.717) is 19.8 Å². The van der Waals surface area contributed by atoms with Crippen LogP contribution < -0.4 is 0 Å². The van der Waals surface area contributed by atoms with Crippen molar-refractivity contribution >= 4 is 17.9 Å². The molecule has 9 heteroatoms. The molecule has 0 fully saturated rings. The van der Waals surface area contributed by atoms with Gasteiger partial charge in [0.25, 0.3) is 0 Å². The third-order valence-electron chi connectivity index (χ3n) is 8.31. The number of hydrogen-bond acceptors (Lipinski definition) is 7. The van der Waals surface area contributed by atoms with E-state index in [0.717, 1.165) is 69.9 Å². The number of carboxylic acids is 2. The van der Waals surface area contributed by atoms with Crippen LogP contribution in [0.1, 0.15) is 187 Å². The van der Waals surface area contributed by atoms with Gasteiger partial charge in [0.15, 0.2) is 6.61 Å². The number of ether oxygens (including phenoxy) is 4. The quantitative estimate of drug-likeness (QED) is 0.0439. The number of hydrogen-bond donors (Lipinski definition) is 2. The van der Waals surface area contributed by atoms with Crippen molar-refractivity contribution in [3.8, 4) is 0 Å². The monoisotopic (exact) mass is 664 g/mol. The van der Waals surface area contributed by atoms with E-state index in [-0.39, 0.29) is 17.7 Å². The molecule has 0 amide bonds. The van der Waals surface area contributed by atoms with Gasteiger partial charge in [-0.1, -0.05) is 136 Å². The second-order valence-electron chi connectivity index (χ2n) is 12.5. The molecule has 0 unspecified atom stereocenters. The first-order chi connectivity index (χ1) is 22.8. The van der Waals surface area contributed by atoms with Crippen LogP contribution in [0.5, 0.6) is 0 Å². The molecule has 0 aliphatic heterocycles. The van der Waals surface area contributed by atoms with Crippen LogP contribution in [0.25, 0.3) is 0 Å². The maximum absolute atomic E-state index is 13.2. The Morgan fingerprint density at radius 2 is 0.915 bits per heavy atom. The predicted molar refractivity (Wildman–Crippen MR) is 185 cm³/mol. The number of carbonyl (C=O) groups is 3. The van der Waals surface area contributed by atoms with Gasteiger partial charge in [0, 0.05) is 0 Å². The van der Waals surface area contributed by atoms with Gasteiger partial charge in [0.2, 0.25) is 0 Å². The summed E-state index contributed by atoms with van der Waals surface area (Å²) in [6.07, 6.45) is 23.4. The zero-order valence-electron chi connectivity index (χ0n) is 29.7. The summed E-state index contributed by atoms with van der Waals surface area (Å²) in [6.45, 7) is 7.33. The van der Waals surface area contributed by atoms with Crippen LogP contribution in [-0.2, 0) is 18.9 Å². The Morgan fingerprint density at radius 1 is 0.532 bits per heavy atom. The molecule has 0 aliphatic carbocycles. The van der Waals surface area contributed by atoms with Crippen LogP contribution in [0.15, 0.2) is 18.2 Å². The second kappa shape index (κ2) is 27.5. The molecule has 0 aliphatic rings. The van der Waals surface area contributed by atoms with E-state index < -0.39 is 29.4 Å². The van der Waals surface area contributed by atoms with Crippen LogP contribution in [-0.4, -0.2) is 60.5 Å². The zero-order chi connectivity index (χ0) is 34.6. The number of carbonyl (C=O) groups excluding carboxylic acids is 1. The van der Waals surface area contributed by atoms with Crippen LogP contribution in [0, 0.1) is 0 Å². The lowest BCUT2D eigenvalue weighted by atomic mass is 10.0. The molecule has 1 aromatic rings. The minimum atomic E-state index is -1.62. The fourth-order valence-corrected chi connectivity index (χ4v) is 5.37. The van der Waals surface area contributed by atoms with Gasteiger partial charge >= 0.3 is 23.9 Å². The fourth-order valence-electron chi connectivity index (χ4n) is 5.37. The second-order valence-corrected chi connectivity index (χ2v) is 12.5. The molecule has 2 N–H and O–H groups in total. The lowest BCUT2D eigenvalue weighted by Gasteiger charge is -2.33. The summed E-state index contributed by atoms with van der Waals surface area (Å²) in [5, 5.41) is 19.0. The normalized spacial score (nSPS) is 11.6. The number of carboxylic acid groups (broad SMARTS) is 2. The number of rotatable bonds is 32. The van der Waals surface area contributed by atoms with Crippen molar-refractivity contribution in [3.63, 3.8) is 0 Å². The molecule has 0 bridgehead atoms. The average molecular weight is 665 g/mol. The van der Waals surface area contributed by atoms with E-state index in [1.165, 1.54) is 83.1 Å². The Bertz CT molecular complexity index is 928. The lowest BCUT2D eigenvalue weighted by molar-refractivity contribution is -0.391. The topological polar surface area (TPSA) is 129 Å². The molecule has 0 saturated carbocycles. The highest BCUT2D eigenvalue weighted by Gasteiger charge is 2.36. The zero-order valence-corrected chi connectivity index (χ0v) is 29.7. The number of unbranched alkanes of at least 4 members (excludes halogenated alkanes) is 18. The lowest BCUT2D eigenvalue weighted by Crippen LogP contribution is -2.45. The van der Waals surface area contributed by atoms with Gasteiger partial charge in [-0.15, -0.1) is 0 Å². The van der Waals surface area contributed by atoms with Crippen molar-refractivity contribution in [3.05, 3.63) is 34.9 Å². The van der Waals surface area contributed by atoms with Gasteiger partial charge in [0.1, 0.15) is 0 Å². The average Bonchev–Trinajstić information content (AvgIpc) is 3.06. The molecule has 0 aromatic heterocycles. The van der Waals surface area contributed by atoms with Gasteiger partial charge in [-0.05, 0) is 37.5 Å². The molecule has 0 atom stereocenters. The first-order valence-corrected chi connectivity index (χ1v) is 18.5. The Kier molecular flexibility index (Phi) is 24.8. The summed E-state index contributed by atoms with van der Waals surface area (Å²) in [6, 6.07) is 3.30.